The summed E-state index contributed by atoms with van der Waals surface area (Å²) in [5, 5.41) is 4.59. The van der Waals surface area contributed by atoms with Gasteiger partial charge < -0.3 is 0 Å². The van der Waals surface area contributed by atoms with Crippen molar-refractivity contribution >= 4 is 64.3 Å². The molecule has 4 heterocycles. The molecule has 0 bridgehead atoms. The molecule has 0 spiro atoms. The number of hydrogen-bond donors (Lipinski definition) is 0. The Balaban J connectivity index is 1.48. The number of aromatic nitrogens is 6. The normalized spacial score (nSPS) is 11.8. The van der Waals surface area contributed by atoms with E-state index >= 15 is 0 Å². The lowest BCUT2D eigenvalue weighted by atomic mass is 10.1. The van der Waals surface area contributed by atoms with Crippen molar-refractivity contribution in [3.63, 3.8) is 0 Å². The van der Waals surface area contributed by atoms with Gasteiger partial charge in [0.1, 0.15) is 0 Å². The van der Waals surface area contributed by atoms with Crippen LogP contribution in [0.2, 0.25) is 0 Å². The fourth-order valence-electron chi connectivity index (χ4n) is 5.90. The lowest BCUT2D eigenvalue weighted by Crippen LogP contribution is -2.06. The zero-order valence-corrected chi connectivity index (χ0v) is 23.0. The maximum absolute atomic E-state index is 5.12. The van der Waals surface area contributed by atoms with E-state index in [0.717, 1.165) is 44.0 Å². The predicted octanol–water partition coefficient (Wildman–Crippen LogP) is 8.61. The van der Waals surface area contributed by atoms with E-state index in [4.69, 9.17) is 19.9 Å². The Morgan fingerprint density at radius 3 is 1.98 bits per heavy atom. The Hall–Kier alpha value is -5.53. The van der Waals surface area contributed by atoms with E-state index in [1.165, 1.54) is 20.2 Å². The molecule has 0 fully saturated rings. The Morgan fingerprint density at radius 2 is 1.21 bits per heavy atom. The minimum Gasteiger partial charge on any atom is -0.276 e. The summed E-state index contributed by atoms with van der Waals surface area (Å²) in [7, 11) is 0. The molecule has 0 unspecified atom stereocenters. The molecule has 6 nitrogen and oxygen atoms in total. The summed E-state index contributed by atoms with van der Waals surface area (Å²) >= 11 is 1.79. The van der Waals surface area contributed by atoms with Crippen LogP contribution in [0.15, 0.2) is 122 Å². The maximum atomic E-state index is 5.12. The Kier molecular flexibility index (Phi) is 4.97. The van der Waals surface area contributed by atoms with Crippen LogP contribution in [0.4, 0.5) is 0 Å². The molecular weight excluding hydrogens is 536 g/mol. The third kappa shape index (κ3) is 3.41. The minimum atomic E-state index is 0.566. The van der Waals surface area contributed by atoms with Crippen LogP contribution >= 0.6 is 11.3 Å². The molecule has 7 heteroatoms. The van der Waals surface area contributed by atoms with Gasteiger partial charge in [-0.15, -0.1) is 11.3 Å². The van der Waals surface area contributed by atoms with Crippen LogP contribution in [0.25, 0.3) is 81.7 Å². The highest BCUT2D eigenvalue weighted by molar-refractivity contribution is 7.26. The van der Waals surface area contributed by atoms with Crippen LogP contribution in [0.5, 0.6) is 0 Å². The van der Waals surface area contributed by atoms with Gasteiger partial charge >= 0.3 is 0 Å². The number of benzene rings is 5. The van der Waals surface area contributed by atoms with Gasteiger partial charge in [-0.05, 0) is 18.2 Å². The second-order valence-electron chi connectivity index (χ2n) is 10.2. The monoisotopic (exact) mass is 556 g/mol. The highest BCUT2D eigenvalue weighted by Gasteiger charge is 2.22. The number of thiophene rings is 1. The number of nitrogens with zero attached hydrogens (tertiary/aromatic N) is 6. The first-order chi connectivity index (χ1) is 20.8. The standard InChI is InChI=1S/C35H20N6S/c1-3-9-21(10-4-1)33-38-34(22-11-5-2-6-12-22)40-35(39-33)41-27-18-17-26-30(37-20-19-36-26)29(27)25-16-15-24-23-13-7-8-14-28(23)42-32(24)31(25)41/h1-20H. The third-order valence-electron chi connectivity index (χ3n) is 7.76. The maximum Gasteiger partial charge on any atom is 0.238 e. The van der Waals surface area contributed by atoms with Gasteiger partial charge in [-0.2, -0.15) is 9.97 Å². The molecule has 196 valence electrons. The van der Waals surface area contributed by atoms with Crippen molar-refractivity contribution in [2.75, 3.05) is 0 Å². The SMILES string of the molecule is c1ccc(-c2nc(-c3ccccc3)nc(-n3c4ccc5nccnc5c4c4ccc5c6ccccc6sc5c43)n2)cc1. The van der Waals surface area contributed by atoms with E-state index in [-0.39, 0.29) is 0 Å². The lowest BCUT2D eigenvalue weighted by Gasteiger charge is -2.11. The van der Waals surface area contributed by atoms with Crippen LogP contribution < -0.4 is 0 Å². The van der Waals surface area contributed by atoms with Gasteiger partial charge in [0.15, 0.2) is 11.6 Å². The van der Waals surface area contributed by atoms with Crippen molar-refractivity contribution in [3.8, 4) is 28.7 Å². The quantitative estimate of drug-likeness (QED) is 0.218. The Morgan fingerprint density at radius 1 is 0.548 bits per heavy atom. The highest BCUT2D eigenvalue weighted by Crippen LogP contribution is 2.44. The van der Waals surface area contributed by atoms with E-state index < -0.39 is 0 Å². The van der Waals surface area contributed by atoms with Gasteiger partial charge in [0.2, 0.25) is 5.95 Å². The van der Waals surface area contributed by atoms with E-state index in [2.05, 4.69) is 52.0 Å². The summed E-state index contributed by atoms with van der Waals surface area (Å²) in [6.07, 6.45) is 3.49. The number of fused-ring (bicyclic) bond motifs is 9. The van der Waals surface area contributed by atoms with Gasteiger partial charge in [0.25, 0.3) is 0 Å². The van der Waals surface area contributed by atoms with Crippen LogP contribution in [0.3, 0.4) is 0 Å². The third-order valence-corrected chi connectivity index (χ3v) is 8.95. The summed E-state index contributed by atoms with van der Waals surface area (Å²) in [5.74, 6) is 1.81. The van der Waals surface area contributed by atoms with Gasteiger partial charge in [0.05, 0.1) is 26.8 Å². The van der Waals surface area contributed by atoms with Gasteiger partial charge in [-0.1, -0.05) is 91.0 Å². The zero-order valence-electron chi connectivity index (χ0n) is 22.1. The molecule has 0 aliphatic carbocycles. The van der Waals surface area contributed by atoms with Gasteiger partial charge in [0, 0.05) is 49.8 Å². The molecule has 0 saturated carbocycles. The molecule has 9 aromatic rings. The van der Waals surface area contributed by atoms with Crippen LogP contribution in [-0.2, 0) is 0 Å². The molecule has 5 aromatic carbocycles. The first-order valence-electron chi connectivity index (χ1n) is 13.7. The fraction of sp³-hybridized carbons (Fsp3) is 0. The number of rotatable bonds is 3. The topological polar surface area (TPSA) is 69.4 Å². The van der Waals surface area contributed by atoms with Gasteiger partial charge in [-0.3, -0.25) is 14.5 Å². The summed E-state index contributed by atoms with van der Waals surface area (Å²) in [5.41, 5.74) is 5.62. The van der Waals surface area contributed by atoms with E-state index in [1.807, 2.05) is 66.7 Å². The summed E-state index contributed by atoms with van der Waals surface area (Å²) in [4.78, 5) is 24.6. The van der Waals surface area contributed by atoms with Crippen LogP contribution in [-0.4, -0.2) is 29.5 Å². The second kappa shape index (κ2) is 8.99. The largest absolute Gasteiger partial charge is 0.276 e. The Bertz CT molecular complexity index is 2410. The van der Waals surface area contributed by atoms with Crippen molar-refractivity contribution in [2.45, 2.75) is 0 Å². The first kappa shape index (κ1) is 23.2. The van der Waals surface area contributed by atoms with Gasteiger partial charge in [-0.25, -0.2) is 4.98 Å². The summed E-state index contributed by atoms with van der Waals surface area (Å²) in [6.45, 7) is 0. The molecule has 42 heavy (non-hydrogen) atoms. The molecule has 0 saturated heterocycles. The lowest BCUT2D eigenvalue weighted by molar-refractivity contribution is 0.955. The average Bonchev–Trinajstić information content (AvgIpc) is 3.61. The molecule has 4 aromatic heterocycles. The van der Waals surface area contributed by atoms with Crippen LogP contribution in [0, 0.1) is 0 Å². The molecular formula is C35H20N6S. The van der Waals surface area contributed by atoms with Crippen LogP contribution in [0.1, 0.15) is 0 Å². The molecule has 9 rings (SSSR count). The van der Waals surface area contributed by atoms with Crippen molar-refractivity contribution in [3.05, 3.63) is 122 Å². The van der Waals surface area contributed by atoms with Crippen molar-refractivity contribution in [2.24, 2.45) is 0 Å². The van der Waals surface area contributed by atoms with Crippen molar-refractivity contribution in [1.82, 2.24) is 29.5 Å². The first-order valence-corrected chi connectivity index (χ1v) is 14.5. The van der Waals surface area contributed by atoms with Crippen molar-refractivity contribution < 1.29 is 0 Å². The smallest absolute Gasteiger partial charge is 0.238 e. The highest BCUT2D eigenvalue weighted by atomic mass is 32.1. The molecule has 0 amide bonds. The summed E-state index contributed by atoms with van der Waals surface area (Å²) in [6, 6.07) is 37.3. The van der Waals surface area contributed by atoms with E-state index in [0.29, 0.717) is 17.6 Å². The zero-order chi connectivity index (χ0) is 27.6. The second-order valence-corrected chi connectivity index (χ2v) is 11.2. The fourth-order valence-corrected chi connectivity index (χ4v) is 7.14. The van der Waals surface area contributed by atoms with E-state index in [1.54, 1.807) is 23.7 Å². The predicted molar refractivity (Wildman–Crippen MR) is 171 cm³/mol. The molecule has 0 aliphatic heterocycles. The summed E-state index contributed by atoms with van der Waals surface area (Å²) < 4.78 is 4.62. The molecule has 0 aliphatic rings. The van der Waals surface area contributed by atoms with Crippen molar-refractivity contribution in [1.29, 1.82) is 0 Å². The average molecular weight is 557 g/mol. The molecule has 0 atom stereocenters. The minimum absolute atomic E-state index is 0.566. The number of hydrogen-bond acceptors (Lipinski definition) is 6. The molecule has 0 N–H and O–H groups in total. The van der Waals surface area contributed by atoms with E-state index in [9.17, 15) is 0 Å². The molecule has 0 radical (unpaired) electrons. The Labute approximate surface area is 243 Å².